The van der Waals surface area contributed by atoms with Crippen LogP contribution in [0.25, 0.3) is 0 Å². The molecule has 1 heterocycles. The Morgan fingerprint density at radius 2 is 2.00 bits per heavy atom. The van der Waals surface area contributed by atoms with E-state index in [-0.39, 0.29) is 0 Å². The van der Waals surface area contributed by atoms with Crippen molar-refractivity contribution < 1.29 is 0 Å². The number of nitrogens with two attached hydrogens (primary N) is 1. The maximum Gasteiger partial charge on any atom is 0.145 e. The average molecular weight is 348 g/mol. The second kappa shape index (κ2) is 10.7. The number of hydrogen-bond acceptors (Lipinski definition) is 3. The third-order valence-corrected chi connectivity index (χ3v) is 3.36. The fourth-order valence-corrected chi connectivity index (χ4v) is 2.22. The van der Waals surface area contributed by atoms with E-state index in [1.807, 2.05) is 81.3 Å². The SMILES string of the molecule is C=C/C=N\C(=C/C)N1C=C/C(=C/C)C1=NC(=C)C.Cc1cccc(N)c1. The number of benzene rings is 1. The lowest BCUT2D eigenvalue weighted by atomic mass is 10.2. The predicted octanol–water partition coefficient (Wildman–Crippen LogP) is 5.39. The van der Waals surface area contributed by atoms with Crippen molar-refractivity contribution in [1.29, 1.82) is 0 Å². The van der Waals surface area contributed by atoms with Crippen molar-refractivity contribution in [3.8, 4) is 0 Å². The number of nitrogens with zero attached hydrogens (tertiary/aromatic N) is 3. The molecular weight excluding hydrogens is 320 g/mol. The highest BCUT2D eigenvalue weighted by Gasteiger charge is 2.20. The van der Waals surface area contributed by atoms with Crippen molar-refractivity contribution in [3.05, 3.63) is 90.6 Å². The van der Waals surface area contributed by atoms with E-state index in [1.54, 1.807) is 12.3 Å². The summed E-state index contributed by atoms with van der Waals surface area (Å²) in [5.41, 5.74) is 9.34. The smallest absolute Gasteiger partial charge is 0.145 e. The fourth-order valence-electron chi connectivity index (χ4n) is 2.22. The summed E-state index contributed by atoms with van der Waals surface area (Å²) in [6.45, 7) is 15.3. The highest BCUT2D eigenvalue weighted by atomic mass is 15.3. The molecule has 0 unspecified atom stereocenters. The Kier molecular flexibility index (Phi) is 8.58. The summed E-state index contributed by atoms with van der Waals surface area (Å²) < 4.78 is 0. The molecule has 0 aliphatic carbocycles. The Labute approximate surface area is 157 Å². The second-order valence-electron chi connectivity index (χ2n) is 5.68. The van der Waals surface area contributed by atoms with Crippen molar-refractivity contribution in [1.82, 2.24) is 4.90 Å². The van der Waals surface area contributed by atoms with Crippen molar-refractivity contribution in [2.75, 3.05) is 5.73 Å². The van der Waals surface area contributed by atoms with Gasteiger partial charge >= 0.3 is 0 Å². The summed E-state index contributed by atoms with van der Waals surface area (Å²) in [6.07, 6.45) is 11.2. The van der Waals surface area contributed by atoms with Crippen LogP contribution >= 0.6 is 0 Å². The van der Waals surface area contributed by atoms with E-state index in [9.17, 15) is 0 Å². The molecule has 1 aromatic rings. The van der Waals surface area contributed by atoms with Gasteiger partial charge in [-0.2, -0.15) is 0 Å². The minimum atomic E-state index is 0.765. The zero-order chi connectivity index (χ0) is 19.5. The molecule has 4 nitrogen and oxygen atoms in total. The van der Waals surface area contributed by atoms with Gasteiger partial charge in [0.1, 0.15) is 11.7 Å². The molecule has 26 heavy (non-hydrogen) atoms. The molecule has 0 atom stereocenters. The normalized spacial score (nSPS) is 16.9. The van der Waals surface area contributed by atoms with Crippen molar-refractivity contribution in [2.24, 2.45) is 9.98 Å². The first kappa shape index (κ1) is 20.9. The predicted molar refractivity (Wildman–Crippen MR) is 115 cm³/mol. The molecule has 0 radical (unpaired) electrons. The average Bonchev–Trinajstić information content (AvgIpc) is 2.98. The van der Waals surface area contributed by atoms with Crippen LogP contribution in [0.5, 0.6) is 0 Å². The standard InChI is InChI=1S/C15H19N3.C7H9N/c1-6-10-16-14(8-3)18-11-9-13(7-2)15(18)17-12(4)5;1-6-3-2-4-7(8)5-6/h6-11H,1,4H2,2-3,5H3;2-5H,8H2,1H3/b13-7-,14-8+,16-10-,17-15?;. The van der Waals surface area contributed by atoms with Crippen LogP contribution in [0, 0.1) is 6.92 Å². The van der Waals surface area contributed by atoms with E-state index < -0.39 is 0 Å². The minimum absolute atomic E-state index is 0.765. The van der Waals surface area contributed by atoms with E-state index >= 15 is 0 Å². The molecule has 136 valence electrons. The first-order valence-corrected chi connectivity index (χ1v) is 8.44. The zero-order valence-electron chi connectivity index (χ0n) is 16.1. The monoisotopic (exact) mass is 348 g/mol. The van der Waals surface area contributed by atoms with Gasteiger partial charge in [0.15, 0.2) is 0 Å². The van der Waals surface area contributed by atoms with Crippen molar-refractivity contribution in [3.63, 3.8) is 0 Å². The Morgan fingerprint density at radius 1 is 1.27 bits per heavy atom. The first-order valence-electron chi connectivity index (χ1n) is 8.44. The number of hydrogen-bond donors (Lipinski definition) is 1. The van der Waals surface area contributed by atoms with Gasteiger partial charge in [0.05, 0.1) is 0 Å². The molecule has 2 N–H and O–H groups in total. The van der Waals surface area contributed by atoms with Gasteiger partial charge in [0.25, 0.3) is 0 Å². The maximum atomic E-state index is 5.46. The number of rotatable bonds is 4. The van der Waals surface area contributed by atoms with E-state index in [0.29, 0.717) is 0 Å². The van der Waals surface area contributed by atoms with Gasteiger partial charge in [0.2, 0.25) is 0 Å². The number of allylic oxidation sites excluding steroid dienone is 4. The highest BCUT2D eigenvalue weighted by molar-refractivity contribution is 6.05. The molecule has 0 aromatic heterocycles. The summed E-state index contributed by atoms with van der Waals surface area (Å²) >= 11 is 0. The molecular formula is C22H28N4. The lowest BCUT2D eigenvalue weighted by Crippen LogP contribution is -2.21. The zero-order valence-corrected chi connectivity index (χ0v) is 16.1. The van der Waals surface area contributed by atoms with Crippen LogP contribution in [0.1, 0.15) is 26.3 Å². The van der Waals surface area contributed by atoms with E-state index in [1.165, 1.54) is 5.56 Å². The molecule has 0 amide bonds. The van der Waals surface area contributed by atoms with E-state index in [0.717, 1.165) is 28.6 Å². The molecule has 0 bridgehead atoms. The van der Waals surface area contributed by atoms with Gasteiger partial charge in [-0.1, -0.05) is 37.4 Å². The van der Waals surface area contributed by atoms with Crippen molar-refractivity contribution >= 4 is 17.7 Å². The number of anilines is 1. The van der Waals surface area contributed by atoms with Crippen LogP contribution in [0.3, 0.4) is 0 Å². The van der Waals surface area contributed by atoms with Gasteiger partial charge in [-0.3, -0.25) is 4.90 Å². The topological polar surface area (TPSA) is 54.0 Å². The summed E-state index contributed by atoms with van der Waals surface area (Å²) in [6, 6.07) is 7.80. The Hall–Kier alpha value is -3.14. The van der Waals surface area contributed by atoms with E-state index in [4.69, 9.17) is 5.73 Å². The van der Waals surface area contributed by atoms with Crippen LogP contribution in [0.15, 0.2) is 95.0 Å². The Morgan fingerprint density at radius 3 is 2.46 bits per heavy atom. The van der Waals surface area contributed by atoms with E-state index in [2.05, 4.69) is 23.1 Å². The number of nitrogen functional groups attached to an aromatic ring is 1. The number of aryl methyl sites for hydroxylation is 1. The molecule has 0 saturated heterocycles. The van der Waals surface area contributed by atoms with Gasteiger partial charge < -0.3 is 5.73 Å². The van der Waals surface area contributed by atoms with Crippen LogP contribution < -0.4 is 5.73 Å². The molecule has 0 saturated carbocycles. The first-order chi connectivity index (χ1) is 12.4. The Balaban J connectivity index is 0.000000350. The summed E-state index contributed by atoms with van der Waals surface area (Å²) in [4.78, 5) is 10.7. The van der Waals surface area contributed by atoms with Gasteiger partial charge in [-0.25, -0.2) is 9.98 Å². The lowest BCUT2D eigenvalue weighted by Gasteiger charge is -2.17. The molecule has 1 aromatic carbocycles. The van der Waals surface area contributed by atoms with Crippen LogP contribution in [0.2, 0.25) is 0 Å². The minimum Gasteiger partial charge on any atom is -0.399 e. The fraction of sp³-hybridized carbons (Fsp3) is 0.182. The highest BCUT2D eigenvalue weighted by Crippen LogP contribution is 2.22. The molecule has 0 fully saturated rings. The molecule has 1 aliphatic rings. The van der Waals surface area contributed by atoms with Crippen LogP contribution in [-0.2, 0) is 0 Å². The van der Waals surface area contributed by atoms with Crippen LogP contribution in [0.4, 0.5) is 5.69 Å². The molecule has 4 heteroatoms. The summed E-state index contributed by atoms with van der Waals surface area (Å²) in [5, 5.41) is 0. The maximum absolute atomic E-state index is 5.46. The van der Waals surface area contributed by atoms with Crippen molar-refractivity contribution in [2.45, 2.75) is 27.7 Å². The third kappa shape index (κ3) is 6.40. The summed E-state index contributed by atoms with van der Waals surface area (Å²) in [5.74, 6) is 1.65. The lowest BCUT2D eigenvalue weighted by molar-refractivity contribution is 0.690. The number of aliphatic imine (C=N–C) groups is 2. The van der Waals surface area contributed by atoms with Crippen LogP contribution in [-0.4, -0.2) is 17.0 Å². The second-order valence-corrected chi connectivity index (χ2v) is 5.68. The molecule has 0 spiro atoms. The van der Waals surface area contributed by atoms with Gasteiger partial charge in [-0.15, -0.1) is 0 Å². The van der Waals surface area contributed by atoms with Gasteiger partial charge in [0, 0.05) is 29.4 Å². The Bertz CT molecular complexity index is 775. The van der Waals surface area contributed by atoms with Gasteiger partial charge in [-0.05, 0) is 57.5 Å². The number of amidine groups is 1. The molecule has 2 rings (SSSR count). The largest absolute Gasteiger partial charge is 0.399 e. The third-order valence-electron chi connectivity index (χ3n) is 3.36. The molecule has 1 aliphatic heterocycles. The quantitative estimate of drug-likeness (QED) is 0.586. The summed E-state index contributed by atoms with van der Waals surface area (Å²) in [7, 11) is 0.